The maximum atomic E-state index is 8.88. The van der Waals surface area contributed by atoms with Gasteiger partial charge in [-0.15, -0.1) is 0 Å². The van der Waals surface area contributed by atoms with Crippen LogP contribution in [-0.4, -0.2) is 0 Å². The molecule has 1 N–H and O–H groups in total. The fraction of sp³-hybridized carbons (Fsp3) is 0.118. The van der Waals surface area contributed by atoms with Crippen LogP contribution in [0.5, 0.6) is 0 Å². The Kier molecular flexibility index (Phi) is 3.55. The summed E-state index contributed by atoms with van der Waals surface area (Å²) in [6.45, 7) is 2.61. The number of benzene rings is 2. The Bertz CT molecular complexity index is 846. The first-order valence-corrected chi connectivity index (χ1v) is 6.97. The molecule has 0 saturated carbocycles. The van der Waals surface area contributed by atoms with E-state index in [9.17, 15) is 0 Å². The maximum Gasteiger partial charge on any atom is 0.134 e. The van der Waals surface area contributed by atoms with Gasteiger partial charge in [-0.25, -0.2) is 0 Å². The third-order valence-corrected chi connectivity index (χ3v) is 3.77. The van der Waals surface area contributed by atoms with Gasteiger partial charge >= 0.3 is 0 Å². The molecule has 3 nitrogen and oxygen atoms in total. The molecule has 0 atom stereocenters. The van der Waals surface area contributed by atoms with E-state index in [0.29, 0.717) is 17.1 Å². The highest BCUT2D eigenvalue weighted by Gasteiger charge is 2.10. The van der Waals surface area contributed by atoms with Gasteiger partial charge in [0.2, 0.25) is 0 Å². The Hall–Kier alpha value is -2.44. The molecule has 3 aromatic rings. The number of hydrogen-bond donors (Lipinski definition) is 1. The number of para-hydroxylation sites is 1. The predicted molar refractivity (Wildman–Crippen MR) is 84.4 cm³/mol. The van der Waals surface area contributed by atoms with Crippen molar-refractivity contribution in [3.8, 4) is 6.07 Å². The van der Waals surface area contributed by atoms with Gasteiger partial charge in [-0.3, -0.25) is 0 Å². The molecule has 0 spiro atoms. The largest absolute Gasteiger partial charge is 0.461 e. The number of furan rings is 1. The smallest absolute Gasteiger partial charge is 0.134 e. The van der Waals surface area contributed by atoms with Crippen LogP contribution in [-0.2, 0) is 6.54 Å². The Labute approximate surface area is 127 Å². The fourth-order valence-corrected chi connectivity index (χ4v) is 2.57. The molecule has 3 rings (SSSR count). The van der Waals surface area contributed by atoms with Crippen molar-refractivity contribution in [1.29, 1.82) is 5.26 Å². The summed E-state index contributed by atoms with van der Waals surface area (Å²) in [6.07, 6.45) is 0. The Morgan fingerprint density at radius 2 is 2.05 bits per heavy atom. The van der Waals surface area contributed by atoms with E-state index >= 15 is 0 Å². The standard InChI is InChI=1S/C17H13ClN2O/c1-11-15(14-4-2-3-5-17(14)21-11)10-20-13-7-6-12(9-19)16(18)8-13/h2-8,20H,10H2,1H3. The molecule has 0 bridgehead atoms. The number of halogens is 1. The van der Waals surface area contributed by atoms with Crippen LogP contribution in [0.15, 0.2) is 46.9 Å². The lowest BCUT2D eigenvalue weighted by molar-refractivity contribution is 0.573. The highest BCUT2D eigenvalue weighted by atomic mass is 35.5. The highest BCUT2D eigenvalue weighted by Crippen LogP contribution is 2.27. The zero-order valence-corrected chi connectivity index (χ0v) is 12.2. The van der Waals surface area contributed by atoms with Gasteiger partial charge in [-0.1, -0.05) is 29.8 Å². The summed E-state index contributed by atoms with van der Waals surface area (Å²) in [5, 5.41) is 13.8. The first kappa shape index (κ1) is 13.5. The molecular formula is C17H13ClN2O. The molecule has 2 aromatic carbocycles. The molecule has 0 unspecified atom stereocenters. The molecule has 1 heterocycles. The third kappa shape index (κ3) is 2.58. The maximum absolute atomic E-state index is 8.88. The molecular weight excluding hydrogens is 284 g/mol. The van der Waals surface area contributed by atoms with Gasteiger partial charge in [0.05, 0.1) is 10.6 Å². The number of hydrogen-bond acceptors (Lipinski definition) is 3. The second-order valence-corrected chi connectivity index (χ2v) is 5.20. The van der Waals surface area contributed by atoms with E-state index in [1.165, 1.54) is 0 Å². The number of nitriles is 1. The second-order valence-electron chi connectivity index (χ2n) is 4.79. The topological polar surface area (TPSA) is 49.0 Å². The zero-order valence-electron chi connectivity index (χ0n) is 11.5. The monoisotopic (exact) mass is 296 g/mol. The summed E-state index contributed by atoms with van der Waals surface area (Å²) in [5.74, 6) is 0.906. The van der Waals surface area contributed by atoms with E-state index < -0.39 is 0 Å². The van der Waals surface area contributed by atoms with Crippen LogP contribution in [0.1, 0.15) is 16.9 Å². The summed E-state index contributed by atoms with van der Waals surface area (Å²) in [4.78, 5) is 0. The average Bonchev–Trinajstić information content (AvgIpc) is 2.81. The summed E-state index contributed by atoms with van der Waals surface area (Å²) >= 11 is 6.04. The van der Waals surface area contributed by atoms with Crippen molar-refractivity contribution in [2.24, 2.45) is 0 Å². The van der Waals surface area contributed by atoms with Gasteiger partial charge in [0.25, 0.3) is 0 Å². The van der Waals surface area contributed by atoms with Crippen LogP contribution in [0, 0.1) is 18.3 Å². The van der Waals surface area contributed by atoms with Gasteiger partial charge in [-0.05, 0) is 31.2 Å². The molecule has 104 valence electrons. The summed E-state index contributed by atoms with van der Waals surface area (Å²) < 4.78 is 5.74. The first-order chi connectivity index (χ1) is 10.2. The molecule has 0 amide bonds. The minimum atomic E-state index is 0.455. The van der Waals surface area contributed by atoms with E-state index in [-0.39, 0.29) is 0 Å². The van der Waals surface area contributed by atoms with Gasteiger partial charge in [0.15, 0.2) is 0 Å². The molecule has 1 aromatic heterocycles. The van der Waals surface area contributed by atoms with Crippen molar-refractivity contribution in [2.45, 2.75) is 13.5 Å². The van der Waals surface area contributed by atoms with E-state index in [1.807, 2.05) is 31.2 Å². The average molecular weight is 297 g/mol. The van der Waals surface area contributed by atoms with Crippen LogP contribution >= 0.6 is 11.6 Å². The van der Waals surface area contributed by atoms with Crippen molar-refractivity contribution in [3.63, 3.8) is 0 Å². The Morgan fingerprint density at radius 1 is 1.24 bits per heavy atom. The van der Waals surface area contributed by atoms with Crippen molar-refractivity contribution < 1.29 is 4.42 Å². The number of fused-ring (bicyclic) bond motifs is 1. The molecule has 0 fully saturated rings. The van der Waals surface area contributed by atoms with Gasteiger partial charge < -0.3 is 9.73 Å². The molecule has 0 saturated heterocycles. The molecule has 0 aliphatic rings. The SMILES string of the molecule is Cc1oc2ccccc2c1CNc1ccc(C#N)c(Cl)c1. The molecule has 0 aliphatic heterocycles. The lowest BCUT2D eigenvalue weighted by Gasteiger charge is -2.07. The van der Waals surface area contributed by atoms with E-state index in [0.717, 1.165) is 28.0 Å². The number of nitrogens with zero attached hydrogens (tertiary/aromatic N) is 1. The number of anilines is 1. The Balaban J connectivity index is 1.85. The highest BCUT2D eigenvalue weighted by molar-refractivity contribution is 6.32. The van der Waals surface area contributed by atoms with E-state index in [2.05, 4.69) is 17.5 Å². The second kappa shape index (κ2) is 5.51. The van der Waals surface area contributed by atoms with E-state index in [4.69, 9.17) is 21.3 Å². The van der Waals surface area contributed by atoms with Crippen LogP contribution < -0.4 is 5.32 Å². The van der Waals surface area contributed by atoms with E-state index in [1.54, 1.807) is 12.1 Å². The van der Waals surface area contributed by atoms with Crippen molar-refractivity contribution in [3.05, 3.63) is 64.4 Å². The van der Waals surface area contributed by atoms with Gasteiger partial charge in [0.1, 0.15) is 17.4 Å². The number of aryl methyl sites for hydroxylation is 1. The zero-order chi connectivity index (χ0) is 14.8. The predicted octanol–water partition coefficient (Wildman–Crippen LogP) is 4.88. The summed E-state index contributed by atoms with van der Waals surface area (Å²) in [6, 6.07) is 15.3. The van der Waals surface area contributed by atoms with Crippen LogP contribution in [0.4, 0.5) is 5.69 Å². The minimum Gasteiger partial charge on any atom is -0.461 e. The first-order valence-electron chi connectivity index (χ1n) is 6.59. The lowest BCUT2D eigenvalue weighted by atomic mass is 10.1. The van der Waals surface area contributed by atoms with Crippen molar-refractivity contribution >= 4 is 28.3 Å². The Morgan fingerprint density at radius 3 is 2.81 bits per heavy atom. The molecule has 0 aliphatic carbocycles. The quantitative estimate of drug-likeness (QED) is 0.749. The normalized spacial score (nSPS) is 10.5. The third-order valence-electron chi connectivity index (χ3n) is 3.46. The summed E-state index contributed by atoms with van der Waals surface area (Å²) in [5.41, 5.74) is 3.38. The van der Waals surface area contributed by atoms with Crippen LogP contribution in [0.3, 0.4) is 0 Å². The van der Waals surface area contributed by atoms with Crippen molar-refractivity contribution in [2.75, 3.05) is 5.32 Å². The number of nitrogens with one attached hydrogen (secondary N) is 1. The summed E-state index contributed by atoms with van der Waals surface area (Å²) in [7, 11) is 0. The fourth-order valence-electron chi connectivity index (χ4n) is 2.35. The lowest BCUT2D eigenvalue weighted by Crippen LogP contribution is -2.00. The van der Waals surface area contributed by atoms with Gasteiger partial charge in [0, 0.05) is 23.2 Å². The molecule has 0 radical (unpaired) electrons. The van der Waals surface area contributed by atoms with Crippen LogP contribution in [0.25, 0.3) is 11.0 Å². The number of rotatable bonds is 3. The van der Waals surface area contributed by atoms with Crippen LogP contribution in [0.2, 0.25) is 5.02 Å². The minimum absolute atomic E-state index is 0.455. The van der Waals surface area contributed by atoms with Gasteiger partial charge in [-0.2, -0.15) is 5.26 Å². The molecule has 4 heteroatoms. The van der Waals surface area contributed by atoms with Crippen molar-refractivity contribution in [1.82, 2.24) is 0 Å². The molecule has 21 heavy (non-hydrogen) atoms.